The number of hydrogen-bond donors (Lipinski definition) is 3. The Kier molecular flexibility index (Phi) is 14.9. The van der Waals surface area contributed by atoms with Crippen molar-refractivity contribution in [2.24, 2.45) is 5.41 Å². The third-order valence-electron chi connectivity index (χ3n) is 13.2. The van der Waals surface area contributed by atoms with E-state index in [1.54, 1.807) is 24.4 Å². The van der Waals surface area contributed by atoms with Crippen molar-refractivity contribution in [3.8, 4) is 11.5 Å². The quantitative estimate of drug-likeness (QED) is 0.0486. The fourth-order valence-corrected chi connectivity index (χ4v) is 10.5. The van der Waals surface area contributed by atoms with Crippen LogP contribution in [0.1, 0.15) is 74.4 Å². The molecule has 0 saturated carbocycles. The van der Waals surface area contributed by atoms with Gasteiger partial charge in [-0.15, -0.1) is 0 Å². The highest BCUT2D eigenvalue weighted by molar-refractivity contribution is 7.90. The van der Waals surface area contributed by atoms with Gasteiger partial charge in [0.05, 0.1) is 39.9 Å². The highest BCUT2D eigenvalue weighted by Gasteiger charge is 2.34. The molecule has 2 aromatic heterocycles. The van der Waals surface area contributed by atoms with Crippen molar-refractivity contribution in [3.05, 3.63) is 117 Å². The van der Waals surface area contributed by atoms with Crippen molar-refractivity contribution < 1.29 is 40.8 Å². The molecule has 2 saturated heterocycles. The Morgan fingerprint density at radius 3 is 2.58 bits per heavy atom. The summed E-state index contributed by atoms with van der Waals surface area (Å²) in [5.74, 6) is -0.665. The van der Waals surface area contributed by atoms with Crippen molar-refractivity contribution in [2.45, 2.75) is 70.1 Å². The number of pyridine rings is 1. The number of nitrogens with one attached hydrogen (secondary N) is 3. The number of halogens is 4. The maximum absolute atomic E-state index is 14.0. The molecular weight excluding hydrogens is 937 g/mol. The van der Waals surface area contributed by atoms with Crippen LogP contribution in [-0.2, 0) is 20.9 Å². The fourth-order valence-electron chi connectivity index (χ4n) is 9.25. The monoisotopic (exact) mass is 992 g/mol. The zero-order valence-corrected chi connectivity index (χ0v) is 40.3. The van der Waals surface area contributed by atoms with Crippen LogP contribution in [0.25, 0.3) is 16.6 Å². The minimum Gasteiger partial charge on any atom is -0.455 e. The van der Waals surface area contributed by atoms with Gasteiger partial charge in [0.25, 0.3) is 21.6 Å². The standard InChI is InChI=1S/C49H56ClF3N8O7S/c1-4-58-22-23-67-36(31-58)6-5-16-54-43-12-9-38(27-44(43)61(63)64)69(65,66)57-47(62)40-11-8-35(26-45(40)68-37-24-32-14-17-55-46(32)56-29-37)60-20-18-59(19-21-60)30-33-13-15-48(2,3)28-41(33)39-10-7-34(25-42(39)50)49(51,52)53/h7-12,14,17,24-27,29,36,54H,4-6,13,15-16,18-23,28,30-31H2,1-3H3,(H,55,56)(H,57,62). The van der Waals surface area contributed by atoms with Crippen LogP contribution < -0.4 is 19.7 Å². The Bertz CT molecular complexity index is 2850. The molecule has 1 amide bonds. The zero-order valence-electron chi connectivity index (χ0n) is 38.7. The van der Waals surface area contributed by atoms with Crippen LogP contribution in [0.2, 0.25) is 5.02 Å². The molecule has 2 fully saturated rings. The number of hydrogen-bond acceptors (Lipinski definition) is 12. The summed E-state index contributed by atoms with van der Waals surface area (Å²) < 4.78 is 82.3. The smallest absolute Gasteiger partial charge is 0.416 e. The number of amides is 1. The Morgan fingerprint density at radius 1 is 1.04 bits per heavy atom. The molecule has 0 spiro atoms. The van der Waals surface area contributed by atoms with Gasteiger partial charge in [0, 0.05) is 86.8 Å². The lowest BCUT2D eigenvalue weighted by Crippen LogP contribution is -2.47. The number of alkyl halides is 3. The molecule has 3 aliphatic rings. The largest absolute Gasteiger partial charge is 0.455 e. The number of rotatable bonds is 16. The van der Waals surface area contributed by atoms with Gasteiger partial charge in [-0.1, -0.05) is 44.0 Å². The molecule has 20 heteroatoms. The van der Waals surface area contributed by atoms with Crippen LogP contribution in [0.15, 0.2) is 89.6 Å². The molecule has 0 bridgehead atoms. The number of benzene rings is 3. The van der Waals surface area contributed by atoms with Gasteiger partial charge in [-0.3, -0.25) is 24.7 Å². The number of nitrogens with zero attached hydrogens (tertiary/aromatic N) is 5. The number of ether oxygens (including phenoxy) is 2. The van der Waals surface area contributed by atoms with E-state index in [0.717, 1.165) is 73.6 Å². The van der Waals surface area contributed by atoms with Crippen molar-refractivity contribution in [2.75, 3.05) is 75.7 Å². The van der Waals surface area contributed by atoms with Crippen molar-refractivity contribution in [1.82, 2.24) is 24.5 Å². The SMILES string of the molecule is CCN1CCOC(CCCNc2ccc(S(=O)(=O)NC(=O)c3ccc(N4CCN(CC5=C(c6ccc(C(F)(F)F)cc6Cl)CC(C)(C)CC5)CC4)cc3Oc3cnc4[nH]ccc4c3)cc2[N+](=O)[O-])C1. The van der Waals surface area contributed by atoms with Crippen LogP contribution in [0.3, 0.4) is 0 Å². The molecule has 2 aliphatic heterocycles. The van der Waals surface area contributed by atoms with Crippen LogP contribution >= 0.6 is 11.6 Å². The molecule has 3 N–H and O–H groups in total. The van der Waals surface area contributed by atoms with Crippen LogP contribution in [-0.4, -0.2) is 111 Å². The van der Waals surface area contributed by atoms with Gasteiger partial charge < -0.3 is 24.7 Å². The minimum absolute atomic E-state index is 0.0495. The van der Waals surface area contributed by atoms with Crippen molar-refractivity contribution in [3.63, 3.8) is 0 Å². The third-order valence-corrected chi connectivity index (χ3v) is 14.8. The summed E-state index contributed by atoms with van der Waals surface area (Å²) in [6.45, 7) is 13.2. The van der Waals surface area contributed by atoms with E-state index in [1.807, 2.05) is 6.07 Å². The minimum atomic E-state index is -4.62. The van der Waals surface area contributed by atoms with Gasteiger partial charge in [0.1, 0.15) is 22.8 Å². The first-order valence-corrected chi connectivity index (χ1v) is 25.0. The third kappa shape index (κ3) is 12.0. The number of allylic oxidation sites excluding steroid dienone is 1. The lowest BCUT2D eigenvalue weighted by molar-refractivity contribution is -0.384. The van der Waals surface area contributed by atoms with E-state index in [4.69, 9.17) is 21.1 Å². The molecule has 1 aliphatic carbocycles. The van der Waals surface area contributed by atoms with Crippen LogP contribution in [0, 0.1) is 15.5 Å². The molecule has 1 unspecified atom stereocenters. The normalized spacial score (nSPS) is 18.4. The molecule has 15 nitrogen and oxygen atoms in total. The van der Waals surface area contributed by atoms with E-state index in [1.165, 1.54) is 30.5 Å². The molecule has 1 atom stereocenters. The van der Waals surface area contributed by atoms with Gasteiger partial charge in [0.15, 0.2) is 0 Å². The first kappa shape index (κ1) is 49.7. The zero-order chi connectivity index (χ0) is 49.1. The number of piperazine rings is 1. The highest BCUT2D eigenvalue weighted by Crippen LogP contribution is 2.46. The molecule has 368 valence electrons. The number of carbonyl (C=O) groups excluding carboxylic acids is 1. The molecule has 4 heterocycles. The highest BCUT2D eigenvalue weighted by atomic mass is 35.5. The number of fused-ring (bicyclic) bond motifs is 1. The summed E-state index contributed by atoms with van der Waals surface area (Å²) in [5, 5.41) is 16.1. The van der Waals surface area contributed by atoms with E-state index in [0.29, 0.717) is 81.4 Å². The van der Waals surface area contributed by atoms with Crippen LogP contribution in [0.4, 0.5) is 30.2 Å². The number of sulfonamides is 1. The number of aromatic nitrogens is 2. The molecule has 3 aromatic carbocycles. The maximum Gasteiger partial charge on any atom is 0.416 e. The number of morpholine rings is 1. The summed E-state index contributed by atoms with van der Waals surface area (Å²) in [6.07, 6.45) is 2.61. The predicted molar refractivity (Wildman–Crippen MR) is 260 cm³/mol. The first-order chi connectivity index (χ1) is 32.9. The lowest BCUT2D eigenvalue weighted by Gasteiger charge is -2.39. The number of anilines is 2. The molecular formula is C49H56ClF3N8O7S. The summed E-state index contributed by atoms with van der Waals surface area (Å²) >= 11 is 6.54. The average molecular weight is 994 g/mol. The van der Waals surface area contributed by atoms with E-state index >= 15 is 0 Å². The second kappa shape index (κ2) is 20.7. The van der Waals surface area contributed by atoms with Gasteiger partial charge >= 0.3 is 6.18 Å². The topological polar surface area (TPSA) is 175 Å². The van der Waals surface area contributed by atoms with Gasteiger partial charge in [-0.2, -0.15) is 13.2 Å². The Balaban J connectivity index is 0.975. The molecule has 5 aromatic rings. The van der Waals surface area contributed by atoms with E-state index in [-0.39, 0.29) is 33.5 Å². The average Bonchev–Trinajstić information content (AvgIpc) is 3.79. The molecule has 69 heavy (non-hydrogen) atoms. The van der Waals surface area contributed by atoms with Crippen molar-refractivity contribution >= 4 is 61.2 Å². The number of aromatic amines is 1. The second-order valence-corrected chi connectivity index (χ2v) is 20.7. The number of carbonyl (C=O) groups is 1. The molecule has 0 radical (unpaired) electrons. The lowest BCUT2D eigenvalue weighted by atomic mass is 9.72. The van der Waals surface area contributed by atoms with E-state index < -0.39 is 43.2 Å². The number of nitro groups is 1. The van der Waals surface area contributed by atoms with Crippen molar-refractivity contribution in [1.29, 1.82) is 0 Å². The number of H-pyrrole nitrogens is 1. The van der Waals surface area contributed by atoms with Crippen LogP contribution in [0.5, 0.6) is 11.5 Å². The number of likely N-dealkylation sites (N-methyl/N-ethyl adjacent to an activating group) is 1. The first-order valence-electron chi connectivity index (χ1n) is 23.1. The molecule has 8 rings (SSSR count). The van der Waals surface area contributed by atoms with Gasteiger partial charge in [0.2, 0.25) is 0 Å². The van der Waals surface area contributed by atoms with E-state index in [2.05, 4.69) is 55.5 Å². The Hall–Kier alpha value is -5.73. The fraction of sp³-hybridized carbons (Fsp3) is 0.429. The van der Waals surface area contributed by atoms with Gasteiger partial charge in [-0.25, -0.2) is 18.1 Å². The Morgan fingerprint density at radius 2 is 1.84 bits per heavy atom. The van der Waals surface area contributed by atoms with Gasteiger partial charge in [-0.05, 0) is 104 Å². The van der Waals surface area contributed by atoms with E-state index in [9.17, 15) is 36.5 Å². The summed E-state index contributed by atoms with van der Waals surface area (Å²) in [7, 11) is -4.62. The summed E-state index contributed by atoms with van der Waals surface area (Å²) in [4.78, 5) is 39.2. The number of nitro benzene ring substituents is 1. The second-order valence-electron chi connectivity index (χ2n) is 18.6. The summed E-state index contributed by atoms with van der Waals surface area (Å²) in [6, 6.07) is 15.4. The summed E-state index contributed by atoms with van der Waals surface area (Å²) in [5.41, 5.74) is 2.85. The Labute approximate surface area is 404 Å². The predicted octanol–water partition coefficient (Wildman–Crippen LogP) is 9.75. The maximum atomic E-state index is 14.0.